The third kappa shape index (κ3) is 6.90. The number of amides is 3. The van der Waals surface area contributed by atoms with Gasteiger partial charge in [0.15, 0.2) is 8.70 Å². The van der Waals surface area contributed by atoms with Gasteiger partial charge in [0, 0.05) is 26.8 Å². The van der Waals surface area contributed by atoms with Gasteiger partial charge in [0.1, 0.15) is 11.4 Å². The molecule has 4 rings (SSSR count). The van der Waals surface area contributed by atoms with Gasteiger partial charge in [-0.1, -0.05) is 11.3 Å². The minimum atomic E-state index is -5.95. The minimum Gasteiger partial charge on any atom is -0.497 e. The van der Waals surface area contributed by atoms with E-state index in [4.69, 9.17) is 7.25 Å². The Hall–Kier alpha value is -3.55. The van der Waals surface area contributed by atoms with Gasteiger partial charge in [-0.2, -0.15) is 21.6 Å². The Morgan fingerprint density at radius 2 is 1.67 bits per heavy atom. The van der Waals surface area contributed by atoms with Gasteiger partial charge in [-0.3, -0.25) is 15.0 Å². The van der Waals surface area contributed by atoms with Gasteiger partial charge in [0.05, 0.1) is 23.5 Å². The Morgan fingerprint density at radius 1 is 1.00 bits per heavy atom. The molecule has 0 saturated heterocycles. The Bertz CT molecular complexity index is 1720. The number of hydrogen-bond donors (Lipinski definition) is 1. The number of hydrogen-bond acceptors (Lipinski definition) is 9. The van der Waals surface area contributed by atoms with Gasteiger partial charge in [-0.05, 0) is 57.1 Å². The van der Waals surface area contributed by atoms with E-state index in [1.165, 1.54) is 71.7 Å². The van der Waals surface area contributed by atoms with Crippen LogP contribution in [0.15, 0.2) is 60.8 Å². The van der Waals surface area contributed by atoms with Crippen molar-refractivity contribution in [1.29, 1.82) is 0 Å². The molecule has 0 aliphatic carbocycles. The van der Waals surface area contributed by atoms with Crippen molar-refractivity contribution in [3.63, 3.8) is 0 Å². The van der Waals surface area contributed by atoms with Crippen molar-refractivity contribution in [3.05, 3.63) is 73.6 Å². The van der Waals surface area contributed by atoms with Crippen LogP contribution in [-0.4, -0.2) is 69.0 Å². The van der Waals surface area contributed by atoms with Crippen molar-refractivity contribution in [3.8, 4) is 5.75 Å². The van der Waals surface area contributed by atoms with E-state index in [0.717, 1.165) is 10.9 Å². The lowest BCUT2D eigenvalue weighted by molar-refractivity contribution is -1.03. The molecule has 11 nitrogen and oxygen atoms in total. The predicted molar refractivity (Wildman–Crippen MR) is 146 cm³/mol. The van der Waals surface area contributed by atoms with Gasteiger partial charge in [-0.15, -0.1) is 0 Å². The first-order chi connectivity index (χ1) is 19.7. The molecule has 0 spiro atoms. The van der Waals surface area contributed by atoms with Crippen molar-refractivity contribution >= 4 is 54.4 Å². The number of rotatable bonds is 8. The number of aromatic nitrogens is 2. The summed E-state index contributed by atoms with van der Waals surface area (Å²) in [6, 6.07) is 13.2. The third-order valence-electron chi connectivity index (χ3n) is 5.49. The van der Waals surface area contributed by atoms with E-state index in [2.05, 4.69) is 15.3 Å². The van der Waals surface area contributed by atoms with Crippen molar-refractivity contribution < 1.29 is 58.7 Å². The summed E-state index contributed by atoms with van der Waals surface area (Å²) in [5.74, 6) is -0.00583. The first-order valence-corrected chi connectivity index (χ1v) is 16.9. The number of nitrogens with zero attached hydrogens (tertiary/aromatic N) is 4. The van der Waals surface area contributed by atoms with Crippen LogP contribution in [0.25, 0.3) is 10.2 Å². The fourth-order valence-electron chi connectivity index (χ4n) is 3.37. The van der Waals surface area contributed by atoms with Gasteiger partial charge < -0.3 is 9.64 Å². The second-order valence-corrected chi connectivity index (χ2v) is 16.1. The lowest BCUT2D eigenvalue weighted by Gasteiger charge is -2.21. The van der Waals surface area contributed by atoms with Crippen LogP contribution in [0.1, 0.15) is 10.5 Å². The number of alkyl halides is 3. The number of methoxy groups -OCH3 is 1. The van der Waals surface area contributed by atoms with E-state index in [-0.39, 0.29) is 18.9 Å². The molecule has 0 fully saturated rings. The molecular weight excluding hydrogens is 714 g/mol. The van der Waals surface area contributed by atoms with Gasteiger partial charge in [-0.25, -0.2) is 14.8 Å². The number of benzene rings is 2. The molecule has 0 aliphatic rings. The van der Waals surface area contributed by atoms with Crippen LogP contribution in [0.5, 0.6) is 5.75 Å². The molecule has 42 heavy (non-hydrogen) atoms. The second kappa shape index (κ2) is 12.4. The maximum absolute atomic E-state index is 13.2. The molecule has 2 aromatic carbocycles. The topological polar surface area (TPSA) is 131 Å². The van der Waals surface area contributed by atoms with E-state index < -0.39 is 41.8 Å². The Morgan fingerprint density at radius 3 is 2.24 bits per heavy atom. The van der Waals surface area contributed by atoms with E-state index >= 15 is 0 Å². The van der Waals surface area contributed by atoms with Gasteiger partial charge >= 0.3 is 41.9 Å². The van der Waals surface area contributed by atoms with E-state index in [1.54, 1.807) is 32.3 Å². The highest BCUT2D eigenvalue weighted by Gasteiger charge is 2.54. The number of halogens is 4. The normalized spacial score (nSPS) is 11.9. The van der Waals surface area contributed by atoms with E-state index in [1.807, 2.05) is 0 Å². The molecule has 0 aliphatic heterocycles. The fourth-order valence-corrected chi connectivity index (χ4v) is 10.5. The number of carbonyl (C=O) groups excluding carboxylic acids is 2. The second-order valence-electron chi connectivity index (χ2n) is 8.59. The molecule has 0 saturated carbocycles. The summed E-state index contributed by atoms with van der Waals surface area (Å²) in [6.07, 6.45) is 1.12. The number of anilines is 2. The summed E-state index contributed by atoms with van der Waals surface area (Å²) in [4.78, 5) is 36.1. The van der Waals surface area contributed by atoms with Gasteiger partial charge in [0.25, 0.3) is 5.91 Å². The molecule has 1 radical (unpaired) electrons. The number of fused-ring (bicyclic) bond motifs is 1. The summed E-state index contributed by atoms with van der Waals surface area (Å²) in [7, 11) is 0.196. The van der Waals surface area contributed by atoms with Crippen LogP contribution in [0.4, 0.5) is 28.8 Å². The van der Waals surface area contributed by atoms with Crippen LogP contribution in [0.3, 0.4) is 0 Å². The van der Waals surface area contributed by atoms with E-state index in [9.17, 15) is 31.2 Å². The maximum atomic E-state index is 13.2. The zero-order valence-corrected chi connectivity index (χ0v) is 26.1. The SMILES string of the molecule is COc1ccc2nc(NC(=O)c3ccc([I+](OS(=O)(=O)C(F)(F)F)c4ccc(N(C)C(=O)N(C)C)cc4)cn3)sc2c1. The van der Waals surface area contributed by atoms with Crippen LogP contribution in [0.2, 0.25) is 0 Å². The van der Waals surface area contributed by atoms with Crippen molar-refractivity contribution in [2.24, 2.45) is 0 Å². The summed E-state index contributed by atoms with van der Waals surface area (Å²) in [5, 5.41) is 2.92. The lowest BCUT2D eigenvalue weighted by Crippen LogP contribution is -3.85. The highest BCUT2D eigenvalue weighted by Crippen LogP contribution is 2.29. The molecule has 223 valence electrons. The molecule has 2 aromatic heterocycles. The molecule has 17 heteroatoms. The Labute approximate surface area is 250 Å². The zero-order chi connectivity index (χ0) is 30.8. The Balaban J connectivity index is 1.60. The smallest absolute Gasteiger partial charge is 0.497 e. The number of carbonyl (C=O) groups is 2. The Kier molecular flexibility index (Phi) is 9.24. The largest absolute Gasteiger partial charge is 0.526 e. The standard InChI is InChI=1S/C25H23F3IN5O6S2/c1-33(2)24(36)34(3)17-8-5-15(6-9-17)29(40-42(37,38)25(26,27)28)16-7-11-20(30-14-16)22(35)32-23-31-19-12-10-18(39-4)13-21(19)41-23/h5-14H,1-4H3,(H,31,32,35)/q+1. The number of ether oxygens (including phenoxy) is 1. The summed E-state index contributed by atoms with van der Waals surface area (Å²) < 4.78 is 74.7. The third-order valence-corrected chi connectivity index (χ3v) is 13.4. The monoisotopic (exact) mass is 737 g/mol. The lowest BCUT2D eigenvalue weighted by atomic mass is 10.3. The summed E-state index contributed by atoms with van der Waals surface area (Å²) >= 11 is -2.58. The van der Waals surface area contributed by atoms with Crippen LogP contribution >= 0.6 is 11.3 Å². The molecule has 0 unspecified atom stereocenters. The summed E-state index contributed by atoms with van der Waals surface area (Å²) in [6.45, 7) is 0. The first kappa shape index (κ1) is 31.4. The number of pyridine rings is 1. The van der Waals surface area contributed by atoms with Crippen molar-refractivity contribution in [2.75, 3.05) is 38.5 Å². The average molecular weight is 738 g/mol. The quantitative estimate of drug-likeness (QED) is 0.213. The minimum absolute atomic E-state index is 0.0794. The number of nitrogens with one attached hydrogen (secondary N) is 1. The molecule has 4 aromatic rings. The van der Waals surface area contributed by atoms with Crippen LogP contribution in [-0.2, 0) is 12.6 Å². The average Bonchev–Trinajstić information content (AvgIpc) is 3.36. The molecule has 2 heterocycles. The fraction of sp³-hybridized carbons (Fsp3) is 0.200. The number of urea groups is 1. The number of thiazole rings is 1. The highest BCUT2D eigenvalue weighted by atomic mass is 127. The molecule has 1 N–H and O–H groups in total. The summed E-state index contributed by atoms with van der Waals surface area (Å²) in [5.41, 5.74) is -4.66. The van der Waals surface area contributed by atoms with Crippen LogP contribution < -0.4 is 35.2 Å². The molecule has 0 atom stereocenters. The highest BCUT2D eigenvalue weighted by molar-refractivity contribution is 7.87. The molecule has 3 amide bonds. The predicted octanol–water partition coefficient (Wildman–Crippen LogP) is 1.52. The first-order valence-electron chi connectivity index (χ1n) is 11.7. The van der Waals surface area contributed by atoms with Gasteiger partial charge in [0.2, 0.25) is 3.57 Å². The van der Waals surface area contributed by atoms with E-state index in [0.29, 0.717) is 22.1 Å². The maximum Gasteiger partial charge on any atom is 0.526 e. The zero-order valence-electron chi connectivity index (χ0n) is 22.3. The van der Waals surface area contributed by atoms with Crippen LogP contribution in [0, 0.1) is 7.14 Å². The van der Waals surface area contributed by atoms with Crippen molar-refractivity contribution in [2.45, 2.75) is 5.51 Å². The van der Waals surface area contributed by atoms with Crippen molar-refractivity contribution in [1.82, 2.24) is 14.9 Å². The molecule has 0 bridgehead atoms. The molecular formula is C25H23F3IN5O6S2+.